The maximum atomic E-state index is 11.1. The van der Waals surface area contributed by atoms with E-state index >= 15 is 0 Å². The summed E-state index contributed by atoms with van der Waals surface area (Å²) in [6, 6.07) is 0.0832. The average molecular weight is 256 g/mol. The summed E-state index contributed by atoms with van der Waals surface area (Å²) in [5.41, 5.74) is 0. The summed E-state index contributed by atoms with van der Waals surface area (Å²) in [6.07, 6.45) is 4.66. The minimum atomic E-state index is -0.802. The molecular formula is C13H24N2O3. The number of likely N-dealkylation sites (tertiary alicyclic amines) is 2. The van der Waals surface area contributed by atoms with E-state index in [1.54, 1.807) is 0 Å². The monoisotopic (exact) mass is 256 g/mol. The van der Waals surface area contributed by atoms with Crippen LogP contribution in [0.2, 0.25) is 0 Å². The molecule has 104 valence electrons. The van der Waals surface area contributed by atoms with Gasteiger partial charge in [0, 0.05) is 25.6 Å². The lowest BCUT2D eigenvalue weighted by molar-refractivity contribution is -0.142. The molecule has 2 aliphatic rings. The quantitative estimate of drug-likeness (QED) is 0.761. The topological polar surface area (TPSA) is 64.0 Å². The van der Waals surface area contributed by atoms with Crippen LogP contribution in [0.25, 0.3) is 0 Å². The van der Waals surface area contributed by atoms with Crippen molar-refractivity contribution in [1.82, 2.24) is 9.80 Å². The zero-order chi connectivity index (χ0) is 13.1. The first-order valence-corrected chi connectivity index (χ1v) is 6.93. The van der Waals surface area contributed by atoms with E-state index in [0.29, 0.717) is 19.0 Å². The van der Waals surface area contributed by atoms with E-state index in [0.717, 1.165) is 19.5 Å². The van der Waals surface area contributed by atoms with Crippen LogP contribution in [0.15, 0.2) is 0 Å². The summed E-state index contributed by atoms with van der Waals surface area (Å²) in [7, 11) is 2.15. The number of carboxylic acid groups (broad SMARTS) is 1. The molecule has 0 aromatic rings. The minimum Gasteiger partial charge on any atom is -0.480 e. The second kappa shape index (κ2) is 5.99. The predicted octanol–water partition coefficient (Wildman–Crippen LogP) is 0.381. The molecule has 2 N–H and O–H groups in total. The van der Waals surface area contributed by atoms with Gasteiger partial charge in [-0.1, -0.05) is 6.42 Å². The largest absolute Gasteiger partial charge is 0.480 e. The Hall–Kier alpha value is -0.650. The van der Waals surface area contributed by atoms with Gasteiger partial charge >= 0.3 is 5.97 Å². The van der Waals surface area contributed by atoms with Crippen molar-refractivity contribution >= 4 is 5.97 Å². The molecule has 2 fully saturated rings. The van der Waals surface area contributed by atoms with Gasteiger partial charge in [0.1, 0.15) is 6.04 Å². The fourth-order valence-electron chi connectivity index (χ4n) is 3.21. The smallest absolute Gasteiger partial charge is 0.321 e. The van der Waals surface area contributed by atoms with Gasteiger partial charge in [-0.05, 0) is 32.9 Å². The Bertz CT molecular complexity index is 298. The first kappa shape index (κ1) is 13.8. The van der Waals surface area contributed by atoms with Gasteiger partial charge in [0.2, 0.25) is 0 Å². The molecule has 2 aliphatic heterocycles. The zero-order valence-electron chi connectivity index (χ0n) is 11.1. The standard InChI is InChI=1S/C13H24N2O3/c1-14-6-3-2-4-10(14)5-7-15-9-11(16)8-12(15)13(17)18/h10-12,16H,2-9H2,1H3,(H,17,18). The Morgan fingerprint density at radius 2 is 2.17 bits per heavy atom. The SMILES string of the molecule is CN1CCCCC1CCN1CC(O)CC1C(=O)O. The van der Waals surface area contributed by atoms with Crippen molar-refractivity contribution in [3.8, 4) is 0 Å². The van der Waals surface area contributed by atoms with Crippen LogP contribution in [0.3, 0.4) is 0 Å². The molecule has 2 saturated heterocycles. The Labute approximate surface area is 108 Å². The molecule has 0 amide bonds. The van der Waals surface area contributed by atoms with Crippen molar-refractivity contribution in [3.05, 3.63) is 0 Å². The molecule has 5 heteroatoms. The van der Waals surface area contributed by atoms with E-state index in [-0.39, 0.29) is 0 Å². The summed E-state index contributed by atoms with van der Waals surface area (Å²) in [5, 5.41) is 18.7. The molecule has 3 unspecified atom stereocenters. The van der Waals surface area contributed by atoms with E-state index in [9.17, 15) is 9.90 Å². The molecule has 3 atom stereocenters. The fourth-order valence-corrected chi connectivity index (χ4v) is 3.21. The molecule has 0 aromatic heterocycles. The van der Waals surface area contributed by atoms with Crippen molar-refractivity contribution in [2.75, 3.05) is 26.7 Å². The number of rotatable bonds is 4. The maximum absolute atomic E-state index is 11.1. The number of carboxylic acids is 1. The number of aliphatic hydroxyl groups is 1. The van der Waals surface area contributed by atoms with Crippen molar-refractivity contribution in [2.24, 2.45) is 0 Å². The zero-order valence-corrected chi connectivity index (χ0v) is 11.1. The van der Waals surface area contributed by atoms with Crippen molar-refractivity contribution in [1.29, 1.82) is 0 Å². The van der Waals surface area contributed by atoms with E-state index in [1.807, 2.05) is 4.90 Å². The summed E-state index contributed by atoms with van der Waals surface area (Å²) in [6.45, 7) is 2.44. The molecule has 0 aromatic carbocycles. The molecule has 0 radical (unpaired) electrons. The van der Waals surface area contributed by atoms with E-state index in [2.05, 4.69) is 11.9 Å². The second-order valence-electron chi connectivity index (χ2n) is 5.66. The van der Waals surface area contributed by atoms with Crippen LogP contribution >= 0.6 is 0 Å². The normalized spacial score (nSPS) is 34.9. The number of β-amino-alcohol motifs (C(OH)–C–C–N with tert-alkyl or cyclic N) is 1. The number of piperidine rings is 1. The number of hydrogen-bond acceptors (Lipinski definition) is 4. The van der Waals surface area contributed by atoms with E-state index in [4.69, 9.17) is 5.11 Å². The lowest BCUT2D eigenvalue weighted by Crippen LogP contribution is -2.42. The maximum Gasteiger partial charge on any atom is 0.321 e. The lowest BCUT2D eigenvalue weighted by atomic mass is 10.00. The van der Waals surface area contributed by atoms with Gasteiger partial charge in [0.05, 0.1) is 6.10 Å². The average Bonchev–Trinajstić information content (AvgIpc) is 2.70. The summed E-state index contributed by atoms with van der Waals surface area (Å²) < 4.78 is 0. The molecule has 0 aliphatic carbocycles. The number of carbonyl (C=O) groups is 1. The molecule has 0 spiro atoms. The van der Waals surface area contributed by atoms with E-state index < -0.39 is 18.1 Å². The van der Waals surface area contributed by atoms with Gasteiger partial charge in [-0.15, -0.1) is 0 Å². The molecule has 0 saturated carbocycles. The molecule has 2 heterocycles. The Morgan fingerprint density at radius 3 is 2.83 bits per heavy atom. The third-order valence-corrected chi connectivity index (χ3v) is 4.34. The lowest BCUT2D eigenvalue weighted by Gasteiger charge is -2.34. The summed E-state index contributed by atoms with van der Waals surface area (Å²) >= 11 is 0. The molecule has 2 rings (SSSR count). The van der Waals surface area contributed by atoms with Crippen LogP contribution in [0.5, 0.6) is 0 Å². The van der Waals surface area contributed by atoms with Gasteiger partial charge in [-0.2, -0.15) is 0 Å². The fraction of sp³-hybridized carbons (Fsp3) is 0.923. The Kier molecular flexibility index (Phi) is 4.59. The van der Waals surface area contributed by atoms with E-state index in [1.165, 1.54) is 19.3 Å². The van der Waals surface area contributed by atoms with Crippen molar-refractivity contribution in [2.45, 2.75) is 50.3 Å². The number of aliphatic carboxylic acids is 1. The van der Waals surface area contributed by atoms with Crippen LogP contribution in [-0.4, -0.2) is 70.9 Å². The van der Waals surface area contributed by atoms with Crippen LogP contribution in [0.4, 0.5) is 0 Å². The number of nitrogens with zero attached hydrogens (tertiary/aromatic N) is 2. The summed E-state index contributed by atoms with van der Waals surface area (Å²) in [4.78, 5) is 15.4. The molecule has 0 bridgehead atoms. The van der Waals surface area contributed by atoms with Crippen molar-refractivity contribution < 1.29 is 15.0 Å². The Morgan fingerprint density at radius 1 is 1.39 bits per heavy atom. The highest BCUT2D eigenvalue weighted by Gasteiger charge is 2.36. The van der Waals surface area contributed by atoms with Crippen LogP contribution < -0.4 is 0 Å². The first-order chi connectivity index (χ1) is 8.58. The third-order valence-electron chi connectivity index (χ3n) is 4.34. The second-order valence-corrected chi connectivity index (χ2v) is 5.66. The third kappa shape index (κ3) is 3.22. The van der Waals surface area contributed by atoms with Gasteiger partial charge in [-0.3, -0.25) is 9.69 Å². The van der Waals surface area contributed by atoms with Gasteiger partial charge in [0.15, 0.2) is 0 Å². The van der Waals surface area contributed by atoms with Crippen LogP contribution in [0, 0.1) is 0 Å². The first-order valence-electron chi connectivity index (χ1n) is 6.93. The predicted molar refractivity (Wildman–Crippen MR) is 68.5 cm³/mol. The highest BCUT2D eigenvalue weighted by molar-refractivity contribution is 5.74. The highest BCUT2D eigenvalue weighted by atomic mass is 16.4. The highest BCUT2D eigenvalue weighted by Crippen LogP contribution is 2.22. The molecule has 5 nitrogen and oxygen atoms in total. The van der Waals surface area contributed by atoms with Crippen molar-refractivity contribution in [3.63, 3.8) is 0 Å². The van der Waals surface area contributed by atoms with Crippen LogP contribution in [-0.2, 0) is 4.79 Å². The Balaban J connectivity index is 1.83. The minimum absolute atomic E-state index is 0.371. The molecular weight excluding hydrogens is 232 g/mol. The number of hydrogen-bond donors (Lipinski definition) is 2. The summed E-state index contributed by atoms with van der Waals surface area (Å²) in [5.74, 6) is -0.802. The number of aliphatic hydroxyl groups excluding tert-OH is 1. The van der Waals surface area contributed by atoms with Gasteiger partial charge < -0.3 is 15.1 Å². The molecule has 18 heavy (non-hydrogen) atoms. The van der Waals surface area contributed by atoms with Gasteiger partial charge in [0.25, 0.3) is 0 Å². The van der Waals surface area contributed by atoms with Gasteiger partial charge in [-0.25, -0.2) is 0 Å². The van der Waals surface area contributed by atoms with Crippen LogP contribution in [0.1, 0.15) is 32.1 Å².